The fourth-order valence-corrected chi connectivity index (χ4v) is 2.16. The van der Waals surface area contributed by atoms with Crippen molar-refractivity contribution in [3.63, 3.8) is 0 Å². The number of ether oxygens (including phenoxy) is 1. The van der Waals surface area contributed by atoms with Gasteiger partial charge in [0.25, 0.3) is 0 Å². The molecule has 0 aliphatic heterocycles. The minimum Gasteiger partial charge on any atom is -0.491 e. The molecule has 1 aromatic rings. The Balaban J connectivity index is 2.35. The maximum atomic E-state index is 10.9. The van der Waals surface area contributed by atoms with E-state index < -0.39 is 9.84 Å². The van der Waals surface area contributed by atoms with Crippen molar-refractivity contribution in [3.05, 3.63) is 24.3 Å². The summed E-state index contributed by atoms with van der Waals surface area (Å²) in [6.07, 6.45) is 2.03. The molecule has 0 amide bonds. The topological polar surface area (TPSA) is 55.4 Å². The molecule has 0 radical (unpaired) electrons. The van der Waals surface area contributed by atoms with E-state index in [-0.39, 0.29) is 11.9 Å². The average molecular weight is 271 g/mol. The molecule has 0 aromatic heterocycles. The molecule has 0 fully saturated rings. The highest BCUT2D eigenvalue weighted by molar-refractivity contribution is 7.90. The normalized spacial score (nSPS) is 11.6. The van der Waals surface area contributed by atoms with Crippen LogP contribution in [0.3, 0.4) is 0 Å². The Bertz CT molecular complexity index is 452. The van der Waals surface area contributed by atoms with Crippen molar-refractivity contribution in [3.8, 4) is 5.75 Å². The van der Waals surface area contributed by atoms with Gasteiger partial charge < -0.3 is 10.1 Å². The van der Waals surface area contributed by atoms with Crippen molar-refractivity contribution in [2.75, 3.05) is 23.9 Å². The van der Waals surface area contributed by atoms with Crippen molar-refractivity contribution in [2.45, 2.75) is 26.4 Å². The van der Waals surface area contributed by atoms with Gasteiger partial charge in [0.15, 0.2) is 0 Å². The second kappa shape index (κ2) is 6.64. The smallest absolute Gasteiger partial charge is 0.147 e. The first kappa shape index (κ1) is 14.8. The SMILES string of the molecule is CC(C)Oc1ccc(NCCCS(C)(=O)=O)cc1. The van der Waals surface area contributed by atoms with Crippen molar-refractivity contribution < 1.29 is 13.2 Å². The van der Waals surface area contributed by atoms with Crippen LogP contribution in [0.5, 0.6) is 5.75 Å². The molecule has 4 nitrogen and oxygen atoms in total. The van der Waals surface area contributed by atoms with Crippen molar-refractivity contribution in [1.82, 2.24) is 0 Å². The third-order valence-electron chi connectivity index (χ3n) is 2.25. The van der Waals surface area contributed by atoms with E-state index in [9.17, 15) is 8.42 Å². The molecule has 0 aliphatic carbocycles. The Morgan fingerprint density at radius 2 is 1.83 bits per heavy atom. The molecule has 0 bridgehead atoms. The lowest BCUT2D eigenvalue weighted by molar-refractivity contribution is 0.242. The highest BCUT2D eigenvalue weighted by atomic mass is 32.2. The predicted molar refractivity (Wildman–Crippen MR) is 75.0 cm³/mol. The molecule has 0 atom stereocenters. The molecule has 1 aromatic carbocycles. The van der Waals surface area contributed by atoms with Gasteiger partial charge in [-0.3, -0.25) is 0 Å². The number of anilines is 1. The van der Waals surface area contributed by atoms with Crippen molar-refractivity contribution in [2.24, 2.45) is 0 Å². The quantitative estimate of drug-likeness (QED) is 0.773. The fraction of sp³-hybridized carbons (Fsp3) is 0.538. The number of hydrogen-bond donors (Lipinski definition) is 1. The molecule has 0 aliphatic rings. The highest BCUT2D eigenvalue weighted by Gasteiger charge is 2.01. The summed E-state index contributed by atoms with van der Waals surface area (Å²) in [6, 6.07) is 7.66. The second-order valence-electron chi connectivity index (χ2n) is 4.60. The highest BCUT2D eigenvalue weighted by Crippen LogP contribution is 2.16. The van der Waals surface area contributed by atoms with Gasteiger partial charge in [0.05, 0.1) is 11.9 Å². The van der Waals surface area contributed by atoms with Crippen LogP contribution in [0, 0.1) is 0 Å². The van der Waals surface area contributed by atoms with Gasteiger partial charge in [0.2, 0.25) is 0 Å². The lowest BCUT2D eigenvalue weighted by Crippen LogP contribution is -2.09. The van der Waals surface area contributed by atoms with Crippen LogP contribution in [0.4, 0.5) is 5.69 Å². The van der Waals surface area contributed by atoms with Gasteiger partial charge in [-0.1, -0.05) is 0 Å². The molecule has 1 rings (SSSR count). The first-order chi connectivity index (χ1) is 8.37. The van der Waals surface area contributed by atoms with E-state index in [0.29, 0.717) is 13.0 Å². The van der Waals surface area contributed by atoms with E-state index in [4.69, 9.17) is 4.74 Å². The number of hydrogen-bond acceptors (Lipinski definition) is 4. The van der Waals surface area contributed by atoms with Crippen LogP contribution in [0.15, 0.2) is 24.3 Å². The minimum atomic E-state index is -2.86. The van der Waals surface area contributed by atoms with E-state index in [2.05, 4.69) is 5.32 Å². The van der Waals surface area contributed by atoms with Crippen LogP contribution in [-0.4, -0.2) is 33.1 Å². The molecule has 102 valence electrons. The van der Waals surface area contributed by atoms with Gasteiger partial charge in [-0.25, -0.2) is 8.42 Å². The molecule has 0 saturated heterocycles. The number of nitrogens with one attached hydrogen (secondary N) is 1. The van der Waals surface area contributed by atoms with E-state index in [1.807, 2.05) is 38.1 Å². The van der Waals surface area contributed by atoms with Gasteiger partial charge >= 0.3 is 0 Å². The maximum absolute atomic E-state index is 10.9. The Hall–Kier alpha value is -1.23. The lowest BCUT2D eigenvalue weighted by atomic mass is 10.3. The molecular formula is C13H21NO3S. The number of rotatable bonds is 7. The maximum Gasteiger partial charge on any atom is 0.147 e. The molecule has 5 heteroatoms. The largest absolute Gasteiger partial charge is 0.491 e. The summed E-state index contributed by atoms with van der Waals surface area (Å²) in [5, 5.41) is 3.18. The van der Waals surface area contributed by atoms with Crippen LogP contribution in [0.2, 0.25) is 0 Å². The van der Waals surface area contributed by atoms with Gasteiger partial charge in [-0.2, -0.15) is 0 Å². The third kappa shape index (κ3) is 6.49. The monoisotopic (exact) mass is 271 g/mol. The first-order valence-corrected chi connectivity index (χ1v) is 8.11. The van der Waals surface area contributed by atoms with Crippen LogP contribution in [-0.2, 0) is 9.84 Å². The molecule has 0 unspecified atom stereocenters. The summed E-state index contributed by atoms with van der Waals surface area (Å²) in [5.74, 6) is 1.06. The van der Waals surface area contributed by atoms with E-state index >= 15 is 0 Å². The van der Waals surface area contributed by atoms with E-state index in [1.54, 1.807) is 0 Å². The third-order valence-corrected chi connectivity index (χ3v) is 3.28. The summed E-state index contributed by atoms with van der Waals surface area (Å²) in [6.45, 7) is 4.62. The summed E-state index contributed by atoms with van der Waals surface area (Å²) in [7, 11) is -2.86. The van der Waals surface area contributed by atoms with E-state index in [1.165, 1.54) is 6.26 Å². The molecule has 0 saturated carbocycles. The van der Waals surface area contributed by atoms with Crippen LogP contribution >= 0.6 is 0 Å². The van der Waals surface area contributed by atoms with Crippen LogP contribution in [0.1, 0.15) is 20.3 Å². The standard InChI is InChI=1S/C13H21NO3S/c1-11(2)17-13-7-5-12(6-8-13)14-9-4-10-18(3,15)16/h5-8,11,14H,4,9-10H2,1-3H3. The van der Waals surface area contributed by atoms with Gasteiger partial charge in [0, 0.05) is 18.5 Å². The van der Waals surface area contributed by atoms with Crippen LogP contribution in [0.25, 0.3) is 0 Å². The molecule has 18 heavy (non-hydrogen) atoms. The molecule has 0 heterocycles. The van der Waals surface area contributed by atoms with Crippen LogP contribution < -0.4 is 10.1 Å². The van der Waals surface area contributed by atoms with Gasteiger partial charge in [-0.05, 0) is 44.5 Å². The summed E-state index contributed by atoms with van der Waals surface area (Å²) < 4.78 is 27.4. The minimum absolute atomic E-state index is 0.165. The number of benzene rings is 1. The number of sulfone groups is 1. The van der Waals surface area contributed by atoms with Gasteiger partial charge in [-0.15, -0.1) is 0 Å². The first-order valence-electron chi connectivity index (χ1n) is 6.05. The second-order valence-corrected chi connectivity index (χ2v) is 6.86. The van der Waals surface area contributed by atoms with E-state index in [0.717, 1.165) is 11.4 Å². The van der Waals surface area contributed by atoms with Crippen molar-refractivity contribution >= 4 is 15.5 Å². The zero-order chi connectivity index (χ0) is 13.6. The average Bonchev–Trinajstić information content (AvgIpc) is 2.24. The Labute approximate surface area is 109 Å². The van der Waals surface area contributed by atoms with Gasteiger partial charge in [0.1, 0.15) is 15.6 Å². The fourth-order valence-electron chi connectivity index (χ4n) is 1.49. The zero-order valence-corrected chi connectivity index (χ0v) is 12.0. The van der Waals surface area contributed by atoms with Crippen molar-refractivity contribution in [1.29, 1.82) is 0 Å². The Morgan fingerprint density at radius 3 is 2.33 bits per heavy atom. The summed E-state index contributed by atoms with van der Waals surface area (Å²) in [5.41, 5.74) is 0.972. The molecule has 1 N–H and O–H groups in total. The molecule has 0 spiro atoms. The zero-order valence-electron chi connectivity index (χ0n) is 11.1. The molecular weight excluding hydrogens is 250 g/mol. The predicted octanol–water partition coefficient (Wildman–Crippen LogP) is 2.32. The Morgan fingerprint density at radius 1 is 1.22 bits per heavy atom. The Kier molecular flexibility index (Phi) is 5.47. The summed E-state index contributed by atoms with van der Waals surface area (Å²) in [4.78, 5) is 0. The lowest BCUT2D eigenvalue weighted by Gasteiger charge is -2.11. The summed E-state index contributed by atoms with van der Waals surface area (Å²) >= 11 is 0.